The fourth-order valence-electron chi connectivity index (χ4n) is 2.28. The van der Waals surface area contributed by atoms with Crippen molar-refractivity contribution < 1.29 is 28.2 Å². The van der Waals surface area contributed by atoms with Crippen molar-refractivity contribution in [2.24, 2.45) is 0 Å². The Bertz CT molecular complexity index is 481. The van der Waals surface area contributed by atoms with Crippen LogP contribution in [0, 0.1) is 0 Å². The van der Waals surface area contributed by atoms with Crippen molar-refractivity contribution in [1.82, 2.24) is 4.98 Å². The lowest BCUT2D eigenvalue weighted by molar-refractivity contribution is -0.155. The van der Waals surface area contributed by atoms with Gasteiger partial charge in [-0.2, -0.15) is 13.2 Å². The molecular weight excluding hydrogens is 251 g/mol. The molecule has 0 bridgehead atoms. The summed E-state index contributed by atoms with van der Waals surface area (Å²) in [7, 11) is 0. The first kappa shape index (κ1) is 12.8. The number of rotatable bonds is 2. The van der Waals surface area contributed by atoms with Gasteiger partial charge in [-0.15, -0.1) is 0 Å². The van der Waals surface area contributed by atoms with Crippen molar-refractivity contribution in [3.8, 4) is 0 Å². The molecule has 1 aliphatic rings. The molecule has 1 aliphatic carbocycles. The number of hydrogen-bond donors (Lipinski definition) is 2. The SMILES string of the molecule is O=C(O)C1(c2cnccc2C(F)(F)F)CC(O)C1. The van der Waals surface area contributed by atoms with Gasteiger partial charge in [-0.05, 0) is 18.9 Å². The molecule has 18 heavy (non-hydrogen) atoms. The van der Waals surface area contributed by atoms with E-state index in [2.05, 4.69) is 4.98 Å². The average molecular weight is 261 g/mol. The first-order valence-electron chi connectivity index (χ1n) is 5.20. The van der Waals surface area contributed by atoms with Crippen molar-refractivity contribution >= 4 is 5.97 Å². The summed E-state index contributed by atoms with van der Waals surface area (Å²) in [5.41, 5.74) is -3.07. The van der Waals surface area contributed by atoms with Gasteiger partial charge in [0, 0.05) is 18.0 Å². The van der Waals surface area contributed by atoms with E-state index < -0.39 is 29.2 Å². The quantitative estimate of drug-likeness (QED) is 0.847. The smallest absolute Gasteiger partial charge is 0.416 e. The second-order valence-electron chi connectivity index (χ2n) is 4.37. The molecule has 0 amide bonds. The summed E-state index contributed by atoms with van der Waals surface area (Å²) >= 11 is 0. The standard InChI is InChI=1S/C11H10F3NO3/c12-11(13,14)7-1-2-15-5-8(7)10(9(17)18)3-6(16)4-10/h1-2,5-6,16H,3-4H2,(H,17,18). The van der Waals surface area contributed by atoms with Crippen LogP contribution in [0.3, 0.4) is 0 Å². The van der Waals surface area contributed by atoms with Crippen LogP contribution in [-0.4, -0.2) is 27.3 Å². The lowest BCUT2D eigenvalue weighted by atomic mass is 9.62. The van der Waals surface area contributed by atoms with Crippen LogP contribution in [0.25, 0.3) is 0 Å². The zero-order valence-corrected chi connectivity index (χ0v) is 9.11. The van der Waals surface area contributed by atoms with E-state index >= 15 is 0 Å². The number of carboxylic acid groups (broad SMARTS) is 1. The van der Waals surface area contributed by atoms with Gasteiger partial charge in [-0.25, -0.2) is 0 Å². The number of halogens is 3. The summed E-state index contributed by atoms with van der Waals surface area (Å²) in [6.45, 7) is 0. The van der Waals surface area contributed by atoms with Crippen LogP contribution in [0.15, 0.2) is 18.5 Å². The molecule has 0 spiro atoms. The normalized spacial score (nSPS) is 27.7. The minimum atomic E-state index is -4.64. The van der Waals surface area contributed by atoms with Gasteiger partial charge in [0.1, 0.15) is 0 Å². The summed E-state index contributed by atoms with van der Waals surface area (Å²) in [6.07, 6.45) is -4.09. The van der Waals surface area contributed by atoms with E-state index in [0.29, 0.717) is 0 Å². The number of aromatic nitrogens is 1. The number of carbonyl (C=O) groups is 1. The molecular formula is C11H10F3NO3. The molecule has 0 aliphatic heterocycles. The van der Waals surface area contributed by atoms with Crippen LogP contribution in [0.2, 0.25) is 0 Å². The number of aliphatic hydroxyl groups is 1. The van der Waals surface area contributed by atoms with Gasteiger partial charge in [-0.1, -0.05) is 0 Å². The van der Waals surface area contributed by atoms with E-state index in [1.54, 1.807) is 0 Å². The van der Waals surface area contributed by atoms with Crippen LogP contribution in [0.1, 0.15) is 24.0 Å². The maximum absolute atomic E-state index is 12.8. The first-order valence-corrected chi connectivity index (χ1v) is 5.20. The molecule has 1 fully saturated rings. The Hall–Kier alpha value is -1.63. The predicted octanol–water partition coefficient (Wildman–Crippen LogP) is 1.58. The maximum Gasteiger partial charge on any atom is 0.416 e. The summed E-state index contributed by atoms with van der Waals surface area (Å²) in [5.74, 6) is -1.37. The van der Waals surface area contributed by atoms with E-state index in [1.165, 1.54) is 0 Å². The molecule has 2 rings (SSSR count). The Morgan fingerprint density at radius 2 is 2.06 bits per heavy atom. The molecule has 1 saturated carbocycles. The van der Waals surface area contributed by atoms with Crippen molar-refractivity contribution in [1.29, 1.82) is 0 Å². The van der Waals surface area contributed by atoms with E-state index in [1.807, 2.05) is 0 Å². The molecule has 1 heterocycles. The molecule has 0 aromatic carbocycles. The highest BCUT2D eigenvalue weighted by molar-refractivity contribution is 5.83. The largest absolute Gasteiger partial charge is 0.481 e. The van der Waals surface area contributed by atoms with Gasteiger partial charge in [0.2, 0.25) is 0 Å². The molecule has 0 radical (unpaired) electrons. The fraction of sp³-hybridized carbons (Fsp3) is 0.455. The number of nitrogens with zero attached hydrogens (tertiary/aromatic N) is 1. The Morgan fingerprint density at radius 1 is 1.44 bits per heavy atom. The van der Waals surface area contributed by atoms with Crippen LogP contribution >= 0.6 is 0 Å². The molecule has 0 atom stereocenters. The second-order valence-corrected chi connectivity index (χ2v) is 4.37. The zero-order valence-electron chi connectivity index (χ0n) is 9.11. The van der Waals surface area contributed by atoms with Crippen molar-refractivity contribution in [2.75, 3.05) is 0 Å². The van der Waals surface area contributed by atoms with Gasteiger partial charge in [0.25, 0.3) is 0 Å². The molecule has 1 aromatic heterocycles. The zero-order chi connectivity index (χ0) is 13.6. The Balaban J connectivity index is 2.54. The molecule has 98 valence electrons. The number of aliphatic carboxylic acids is 1. The maximum atomic E-state index is 12.8. The third kappa shape index (κ3) is 1.84. The van der Waals surface area contributed by atoms with E-state index in [0.717, 1.165) is 18.5 Å². The van der Waals surface area contributed by atoms with E-state index in [-0.39, 0.29) is 18.4 Å². The second kappa shape index (κ2) is 3.94. The summed E-state index contributed by atoms with van der Waals surface area (Å²) in [6, 6.07) is 0.755. The van der Waals surface area contributed by atoms with Crippen LogP contribution in [0.5, 0.6) is 0 Å². The van der Waals surface area contributed by atoms with Crippen LogP contribution in [-0.2, 0) is 16.4 Å². The molecule has 0 saturated heterocycles. The highest BCUT2D eigenvalue weighted by atomic mass is 19.4. The third-order valence-electron chi connectivity index (χ3n) is 3.22. The van der Waals surface area contributed by atoms with Crippen LogP contribution in [0.4, 0.5) is 13.2 Å². The lowest BCUT2D eigenvalue weighted by Gasteiger charge is -2.42. The lowest BCUT2D eigenvalue weighted by Crippen LogP contribution is -2.51. The van der Waals surface area contributed by atoms with E-state index in [9.17, 15) is 23.1 Å². The minimum Gasteiger partial charge on any atom is -0.481 e. The molecule has 4 nitrogen and oxygen atoms in total. The summed E-state index contributed by atoms with van der Waals surface area (Å²) in [4.78, 5) is 14.8. The van der Waals surface area contributed by atoms with Gasteiger partial charge in [0.15, 0.2) is 0 Å². The summed E-state index contributed by atoms with van der Waals surface area (Å²) in [5, 5.41) is 18.4. The topological polar surface area (TPSA) is 70.4 Å². The number of aliphatic hydroxyl groups excluding tert-OH is 1. The average Bonchev–Trinajstić information content (AvgIpc) is 2.23. The number of alkyl halides is 3. The monoisotopic (exact) mass is 261 g/mol. The number of hydrogen-bond acceptors (Lipinski definition) is 3. The van der Waals surface area contributed by atoms with Gasteiger partial charge < -0.3 is 10.2 Å². The molecule has 1 aromatic rings. The highest BCUT2D eigenvalue weighted by Crippen LogP contribution is 2.48. The Labute approximate surface area is 100 Å². The number of pyridine rings is 1. The van der Waals surface area contributed by atoms with Gasteiger partial charge in [0.05, 0.1) is 17.1 Å². The van der Waals surface area contributed by atoms with Crippen molar-refractivity contribution in [3.63, 3.8) is 0 Å². The first-order chi connectivity index (χ1) is 8.27. The van der Waals surface area contributed by atoms with E-state index in [4.69, 9.17) is 5.11 Å². The van der Waals surface area contributed by atoms with Gasteiger partial charge in [-0.3, -0.25) is 9.78 Å². The molecule has 2 N–H and O–H groups in total. The minimum absolute atomic E-state index is 0.225. The Kier molecular flexibility index (Phi) is 2.81. The highest BCUT2D eigenvalue weighted by Gasteiger charge is 2.54. The molecule has 7 heteroatoms. The van der Waals surface area contributed by atoms with Crippen LogP contribution < -0.4 is 0 Å². The summed E-state index contributed by atoms with van der Waals surface area (Å²) < 4.78 is 38.4. The fourth-order valence-corrected chi connectivity index (χ4v) is 2.28. The Morgan fingerprint density at radius 3 is 2.50 bits per heavy atom. The third-order valence-corrected chi connectivity index (χ3v) is 3.22. The predicted molar refractivity (Wildman–Crippen MR) is 53.8 cm³/mol. The van der Waals surface area contributed by atoms with Crippen molar-refractivity contribution in [2.45, 2.75) is 30.5 Å². The number of carboxylic acids is 1. The molecule has 0 unspecified atom stereocenters. The van der Waals surface area contributed by atoms with Gasteiger partial charge >= 0.3 is 12.1 Å². The van der Waals surface area contributed by atoms with Crippen molar-refractivity contribution in [3.05, 3.63) is 29.6 Å².